The summed E-state index contributed by atoms with van der Waals surface area (Å²) in [5.74, 6) is 0.328. The molecule has 2 unspecified atom stereocenters. The Bertz CT molecular complexity index is 511. The summed E-state index contributed by atoms with van der Waals surface area (Å²) in [4.78, 5) is 4.95. The van der Waals surface area contributed by atoms with Crippen molar-refractivity contribution in [3.63, 3.8) is 0 Å². The van der Waals surface area contributed by atoms with Gasteiger partial charge in [0.15, 0.2) is 0 Å². The van der Waals surface area contributed by atoms with Crippen molar-refractivity contribution in [3.05, 3.63) is 23.8 Å². The van der Waals surface area contributed by atoms with Crippen LogP contribution in [0.3, 0.4) is 0 Å². The Morgan fingerprint density at radius 2 is 1.88 bits per heavy atom. The van der Waals surface area contributed by atoms with Gasteiger partial charge in [-0.05, 0) is 46.2 Å². The summed E-state index contributed by atoms with van der Waals surface area (Å²) < 4.78 is 12.6. The molecular weight excluding hydrogens is 299 g/mol. The lowest BCUT2D eigenvalue weighted by atomic mass is 9.68. The third kappa shape index (κ3) is 3.64. The molecule has 0 amide bonds. The van der Waals surface area contributed by atoms with E-state index in [1.807, 2.05) is 0 Å². The SMILES string of the molecule is CCC1(C)OB(C2C=CC(CN3CCN(C)CC3)=CC2)OC1(C)C. The van der Waals surface area contributed by atoms with E-state index < -0.39 is 0 Å². The van der Waals surface area contributed by atoms with Crippen LogP contribution < -0.4 is 0 Å². The summed E-state index contributed by atoms with van der Waals surface area (Å²) in [6.07, 6.45) is 8.95. The van der Waals surface area contributed by atoms with Gasteiger partial charge in [0.1, 0.15) is 0 Å². The number of likely N-dealkylation sites (N-methyl/N-ethyl adjacent to an activating group) is 1. The highest BCUT2D eigenvalue weighted by atomic mass is 16.7. The average molecular weight is 332 g/mol. The lowest BCUT2D eigenvalue weighted by Crippen LogP contribution is -2.45. The molecule has 2 fully saturated rings. The van der Waals surface area contributed by atoms with E-state index in [-0.39, 0.29) is 18.3 Å². The summed E-state index contributed by atoms with van der Waals surface area (Å²) in [5, 5.41) is 0. The predicted octanol–water partition coefficient (Wildman–Crippen LogP) is 2.97. The van der Waals surface area contributed by atoms with E-state index in [1.165, 1.54) is 31.8 Å². The van der Waals surface area contributed by atoms with Gasteiger partial charge in [0, 0.05) is 38.5 Å². The van der Waals surface area contributed by atoms with Crippen LogP contribution >= 0.6 is 0 Å². The Morgan fingerprint density at radius 1 is 1.17 bits per heavy atom. The van der Waals surface area contributed by atoms with Gasteiger partial charge >= 0.3 is 7.12 Å². The van der Waals surface area contributed by atoms with E-state index in [0.29, 0.717) is 5.82 Å². The predicted molar refractivity (Wildman–Crippen MR) is 100 cm³/mol. The minimum Gasteiger partial charge on any atom is -0.403 e. The highest BCUT2D eigenvalue weighted by molar-refractivity contribution is 6.48. The summed E-state index contributed by atoms with van der Waals surface area (Å²) in [6, 6.07) is 0. The standard InChI is InChI=1S/C19H33BN2O2/c1-6-19(4)18(2,3)23-20(24-19)17-9-7-16(8-10-17)15-22-13-11-21(5)12-14-22/h7-9,17H,6,10-15H2,1-5H3. The Labute approximate surface area is 148 Å². The Kier molecular flexibility index (Phi) is 5.26. The van der Waals surface area contributed by atoms with Gasteiger partial charge in [-0.15, -0.1) is 0 Å². The maximum Gasteiger partial charge on any atom is 0.465 e. The first-order valence-electron chi connectivity index (χ1n) is 9.47. The first-order valence-corrected chi connectivity index (χ1v) is 9.47. The fraction of sp³-hybridized carbons (Fsp3) is 0.789. The number of piperazine rings is 1. The lowest BCUT2D eigenvalue weighted by Gasteiger charge is -2.35. The Hall–Kier alpha value is -0.615. The van der Waals surface area contributed by atoms with Crippen LogP contribution in [0.1, 0.15) is 40.5 Å². The zero-order valence-electron chi connectivity index (χ0n) is 16.0. The molecule has 0 bridgehead atoms. The van der Waals surface area contributed by atoms with Crippen LogP contribution in [0.4, 0.5) is 0 Å². The number of rotatable bonds is 4. The van der Waals surface area contributed by atoms with Crippen molar-refractivity contribution >= 4 is 7.12 Å². The van der Waals surface area contributed by atoms with Gasteiger partial charge in [-0.1, -0.05) is 25.2 Å². The largest absolute Gasteiger partial charge is 0.465 e. The zero-order valence-corrected chi connectivity index (χ0v) is 16.0. The average Bonchev–Trinajstić information content (AvgIpc) is 2.81. The van der Waals surface area contributed by atoms with Crippen molar-refractivity contribution in [2.75, 3.05) is 39.8 Å². The number of allylic oxidation sites excluding steroid dienone is 2. The molecule has 4 nitrogen and oxygen atoms in total. The molecule has 134 valence electrons. The lowest BCUT2D eigenvalue weighted by molar-refractivity contribution is -0.0119. The van der Waals surface area contributed by atoms with Gasteiger partial charge in [-0.2, -0.15) is 0 Å². The third-order valence-corrected chi connectivity index (χ3v) is 6.30. The van der Waals surface area contributed by atoms with E-state index in [1.54, 1.807) is 0 Å². The van der Waals surface area contributed by atoms with E-state index in [4.69, 9.17) is 9.31 Å². The van der Waals surface area contributed by atoms with E-state index in [0.717, 1.165) is 19.4 Å². The molecule has 0 aromatic carbocycles. The second-order valence-electron chi connectivity index (χ2n) is 8.32. The molecule has 3 aliphatic rings. The van der Waals surface area contributed by atoms with Crippen LogP contribution in [-0.2, 0) is 9.31 Å². The van der Waals surface area contributed by atoms with Gasteiger partial charge in [0.2, 0.25) is 0 Å². The Morgan fingerprint density at radius 3 is 2.42 bits per heavy atom. The molecule has 0 saturated carbocycles. The van der Waals surface area contributed by atoms with Crippen LogP contribution in [-0.4, -0.2) is 67.9 Å². The fourth-order valence-electron chi connectivity index (χ4n) is 3.79. The maximum absolute atomic E-state index is 6.33. The molecule has 0 spiro atoms. The smallest absolute Gasteiger partial charge is 0.403 e. The minimum absolute atomic E-state index is 0.123. The summed E-state index contributed by atoms with van der Waals surface area (Å²) in [6.45, 7) is 14.4. The molecule has 0 radical (unpaired) electrons. The number of hydrogen-bond donors (Lipinski definition) is 0. The number of hydrogen-bond acceptors (Lipinski definition) is 4. The first kappa shape index (κ1) is 18.2. The van der Waals surface area contributed by atoms with Crippen molar-refractivity contribution in [2.24, 2.45) is 0 Å². The van der Waals surface area contributed by atoms with Crippen LogP contribution in [0, 0.1) is 0 Å². The summed E-state index contributed by atoms with van der Waals surface area (Å²) in [5.41, 5.74) is 1.01. The summed E-state index contributed by atoms with van der Waals surface area (Å²) in [7, 11) is 2.08. The molecule has 0 aromatic heterocycles. The molecule has 2 atom stereocenters. The molecule has 2 heterocycles. The fourth-order valence-corrected chi connectivity index (χ4v) is 3.79. The molecule has 2 aliphatic heterocycles. The number of nitrogens with zero attached hydrogens (tertiary/aromatic N) is 2. The van der Waals surface area contributed by atoms with E-state index >= 15 is 0 Å². The van der Waals surface area contributed by atoms with Gasteiger partial charge in [-0.25, -0.2) is 0 Å². The van der Waals surface area contributed by atoms with Crippen molar-refractivity contribution in [1.82, 2.24) is 9.80 Å². The monoisotopic (exact) mass is 332 g/mol. The maximum atomic E-state index is 6.33. The molecule has 0 aromatic rings. The van der Waals surface area contributed by atoms with Crippen LogP contribution in [0.5, 0.6) is 0 Å². The molecule has 0 N–H and O–H groups in total. The second-order valence-corrected chi connectivity index (χ2v) is 8.32. The molecular formula is C19H33BN2O2. The van der Waals surface area contributed by atoms with Gasteiger partial charge < -0.3 is 14.2 Å². The normalized spacial score (nSPS) is 34.6. The highest BCUT2D eigenvalue weighted by Gasteiger charge is 2.54. The van der Waals surface area contributed by atoms with Crippen molar-refractivity contribution < 1.29 is 9.31 Å². The van der Waals surface area contributed by atoms with Crippen LogP contribution in [0.15, 0.2) is 23.8 Å². The van der Waals surface area contributed by atoms with Crippen LogP contribution in [0.25, 0.3) is 0 Å². The Balaban J connectivity index is 1.54. The van der Waals surface area contributed by atoms with Gasteiger partial charge in [0.05, 0.1) is 11.2 Å². The highest BCUT2D eigenvalue weighted by Crippen LogP contribution is 2.44. The van der Waals surface area contributed by atoms with Crippen molar-refractivity contribution in [1.29, 1.82) is 0 Å². The molecule has 5 heteroatoms. The van der Waals surface area contributed by atoms with Crippen molar-refractivity contribution in [3.8, 4) is 0 Å². The molecule has 3 rings (SSSR count). The third-order valence-electron chi connectivity index (χ3n) is 6.30. The topological polar surface area (TPSA) is 24.9 Å². The first-order chi connectivity index (χ1) is 11.3. The minimum atomic E-state index is -0.232. The van der Waals surface area contributed by atoms with Gasteiger partial charge in [0.25, 0.3) is 0 Å². The quantitative estimate of drug-likeness (QED) is 0.739. The van der Waals surface area contributed by atoms with E-state index in [9.17, 15) is 0 Å². The molecule has 2 saturated heterocycles. The molecule has 1 aliphatic carbocycles. The molecule has 24 heavy (non-hydrogen) atoms. The van der Waals surface area contributed by atoms with Crippen LogP contribution in [0.2, 0.25) is 5.82 Å². The van der Waals surface area contributed by atoms with E-state index in [2.05, 4.69) is 62.8 Å². The van der Waals surface area contributed by atoms with Gasteiger partial charge in [-0.3, -0.25) is 4.90 Å². The summed E-state index contributed by atoms with van der Waals surface area (Å²) >= 11 is 0. The second kappa shape index (κ2) is 6.95. The van der Waals surface area contributed by atoms with Crippen molar-refractivity contribution in [2.45, 2.75) is 57.6 Å². The zero-order chi connectivity index (χ0) is 17.4.